The summed E-state index contributed by atoms with van der Waals surface area (Å²) in [6, 6.07) is -1.51. The molecule has 0 spiro atoms. The Bertz CT molecular complexity index is 1690. The Kier molecular flexibility index (Phi) is 12.6. The van der Waals surface area contributed by atoms with Crippen LogP contribution in [0, 0.1) is 0 Å². The number of thiazole rings is 2. The smallest absolute Gasteiger partial charge is 0.351 e. The number of nitrogens with two attached hydrogens (primary N) is 1. The molecule has 0 saturated carbocycles. The van der Waals surface area contributed by atoms with E-state index in [-0.39, 0.29) is 56.8 Å². The average Bonchev–Trinajstić information content (AvgIpc) is 3.72. The lowest BCUT2D eigenvalue weighted by Gasteiger charge is -2.29. The second-order valence-corrected chi connectivity index (χ2v) is 13.4. The molecular weight excluding hydrogens is 713 g/mol. The molecule has 23 heteroatoms. The number of hydrogen-bond donors (Lipinski definition) is 8. The maximum atomic E-state index is 13.1. The summed E-state index contributed by atoms with van der Waals surface area (Å²) in [5, 5.41) is 41.6. The maximum absolute atomic E-state index is 13.1. The van der Waals surface area contributed by atoms with Gasteiger partial charge in [0.25, 0.3) is 17.7 Å². The molecule has 2 aromatic heterocycles. The number of aliphatic carboxylic acids is 2. The first-order chi connectivity index (χ1) is 23.0. The molecule has 2 aliphatic heterocycles. The van der Waals surface area contributed by atoms with Gasteiger partial charge in [-0.2, -0.15) is 0 Å². The van der Waals surface area contributed by atoms with Crippen molar-refractivity contribution in [1.82, 2.24) is 31.2 Å². The zero-order chi connectivity index (χ0) is 34.8. The van der Waals surface area contributed by atoms with E-state index in [0.717, 1.165) is 34.4 Å². The number of amides is 3. The van der Waals surface area contributed by atoms with E-state index in [9.17, 15) is 34.2 Å². The first kappa shape index (κ1) is 36.0. The number of rotatable bonds is 14. The van der Waals surface area contributed by atoms with Crippen LogP contribution in [0.1, 0.15) is 11.4 Å². The first-order valence-electron chi connectivity index (χ1n) is 13.4. The minimum atomic E-state index is -1.51. The number of nitrogens with one attached hydrogen (secondary N) is 5. The molecule has 2 aromatic rings. The van der Waals surface area contributed by atoms with Crippen LogP contribution in [0.5, 0.6) is 0 Å². The molecule has 4 heterocycles. The summed E-state index contributed by atoms with van der Waals surface area (Å²) in [5.41, 5.74) is 5.41. The number of carbonyl (C=O) groups excluding carboxylic acids is 3. The molecule has 0 aromatic carbocycles. The lowest BCUT2D eigenvalue weighted by atomic mass is 10.2. The van der Waals surface area contributed by atoms with Crippen molar-refractivity contribution in [2.24, 2.45) is 10.3 Å². The lowest BCUT2D eigenvalue weighted by Crippen LogP contribution is -2.55. The standard InChI is InChI=1S/C25H28N10O9S4/c1-43-34-15(19(37)27-7-14-28-11(22(39)40)4-5-45-14)13-9-48-25(31-13)33-18(36)10-3-6-46-21(29-10)17(23(41)42)32-20(38)16(35-44-2)12-8-47-24(26)30-12/h3-4,8-9,14,17,21,28-29H,5-7H2,1-2H3,(H2,26,30)(H,27,37)(H,32,38)(H,39,40)(H,41,42)(H,31,33,36)/b34-15-,35-16-. The molecule has 0 radical (unpaired) electrons. The first-order valence-corrected chi connectivity index (χ1v) is 17.3. The van der Waals surface area contributed by atoms with Crippen molar-refractivity contribution in [3.63, 3.8) is 0 Å². The summed E-state index contributed by atoms with van der Waals surface area (Å²) in [6.07, 6.45) is 3.07. The van der Waals surface area contributed by atoms with Crippen molar-refractivity contribution >= 4 is 97.5 Å². The molecule has 19 nitrogen and oxygen atoms in total. The van der Waals surface area contributed by atoms with Crippen molar-refractivity contribution in [3.8, 4) is 0 Å². The second-order valence-electron chi connectivity index (χ2n) is 9.21. The van der Waals surface area contributed by atoms with Crippen LogP contribution in [0.15, 0.2) is 44.6 Å². The zero-order valence-corrected chi connectivity index (χ0v) is 28.2. The van der Waals surface area contributed by atoms with Crippen LogP contribution in [0.4, 0.5) is 10.3 Å². The Morgan fingerprint density at radius 2 is 1.60 bits per heavy atom. The van der Waals surface area contributed by atoms with Crippen LogP contribution in [-0.4, -0.2) is 110 Å². The number of thioether (sulfide) groups is 2. The van der Waals surface area contributed by atoms with Gasteiger partial charge in [0.2, 0.25) is 0 Å². The summed E-state index contributed by atoms with van der Waals surface area (Å²) >= 11 is 4.58. The molecule has 2 aliphatic rings. The fraction of sp³-hybridized carbons (Fsp3) is 0.320. The average molecular weight is 741 g/mol. The number of carboxylic acid groups (broad SMARTS) is 2. The predicted molar refractivity (Wildman–Crippen MR) is 180 cm³/mol. The Morgan fingerprint density at radius 3 is 2.25 bits per heavy atom. The number of oxime groups is 2. The number of hydrogen-bond acceptors (Lipinski definition) is 18. The van der Waals surface area contributed by atoms with E-state index in [2.05, 4.69) is 46.9 Å². The third-order valence-corrected chi connectivity index (χ3v) is 9.65. The topological polar surface area (TPSA) is 281 Å². The monoisotopic (exact) mass is 740 g/mol. The van der Waals surface area contributed by atoms with Gasteiger partial charge in [-0.1, -0.05) is 10.3 Å². The molecule has 3 atom stereocenters. The van der Waals surface area contributed by atoms with E-state index in [0.29, 0.717) is 5.75 Å². The molecule has 3 unspecified atom stereocenters. The summed E-state index contributed by atoms with van der Waals surface area (Å²) in [6.45, 7) is 0.0708. The quantitative estimate of drug-likeness (QED) is 0.0885. The summed E-state index contributed by atoms with van der Waals surface area (Å²) in [5.74, 6) is -4.00. The Balaban J connectivity index is 1.37. The van der Waals surface area contributed by atoms with Crippen LogP contribution in [0.2, 0.25) is 0 Å². The Morgan fingerprint density at radius 1 is 0.958 bits per heavy atom. The van der Waals surface area contributed by atoms with Gasteiger partial charge in [0.15, 0.2) is 27.7 Å². The van der Waals surface area contributed by atoms with E-state index in [1.807, 2.05) is 0 Å². The molecule has 0 aliphatic carbocycles. The fourth-order valence-electron chi connectivity index (χ4n) is 3.95. The SMILES string of the molecule is CO/N=C(\C(=O)NCC1NC(C(=O)O)=CCS1)c1csc(NC(=O)C2=CCSC(C(NC(=O)/C(=N\OC)c3csc(N)n3)C(=O)O)N2)n1. The molecule has 4 rings (SSSR count). The van der Waals surface area contributed by atoms with Gasteiger partial charge in [0.1, 0.15) is 36.7 Å². The van der Waals surface area contributed by atoms with E-state index < -0.39 is 46.4 Å². The summed E-state index contributed by atoms with van der Waals surface area (Å²) in [7, 11) is 2.46. The van der Waals surface area contributed by atoms with Crippen LogP contribution >= 0.6 is 46.2 Å². The van der Waals surface area contributed by atoms with E-state index >= 15 is 0 Å². The van der Waals surface area contributed by atoms with Crippen molar-refractivity contribution in [3.05, 3.63) is 45.7 Å². The summed E-state index contributed by atoms with van der Waals surface area (Å²) < 4.78 is 0. The largest absolute Gasteiger partial charge is 0.480 e. The van der Waals surface area contributed by atoms with Gasteiger partial charge in [-0.05, 0) is 12.2 Å². The number of carbonyl (C=O) groups is 5. The van der Waals surface area contributed by atoms with Crippen molar-refractivity contribution in [1.29, 1.82) is 0 Å². The highest BCUT2D eigenvalue weighted by atomic mass is 32.2. The van der Waals surface area contributed by atoms with E-state index in [1.54, 1.807) is 0 Å². The van der Waals surface area contributed by atoms with Gasteiger partial charge in [-0.3, -0.25) is 19.7 Å². The normalized spacial score (nSPS) is 18.5. The highest BCUT2D eigenvalue weighted by Gasteiger charge is 2.35. The molecule has 0 fully saturated rings. The third-order valence-electron chi connectivity index (χ3n) is 6.07. The van der Waals surface area contributed by atoms with Crippen LogP contribution in [-0.2, 0) is 33.6 Å². The van der Waals surface area contributed by atoms with Gasteiger partial charge in [0.05, 0.1) is 11.1 Å². The van der Waals surface area contributed by atoms with Gasteiger partial charge < -0.3 is 46.9 Å². The summed E-state index contributed by atoms with van der Waals surface area (Å²) in [4.78, 5) is 80.3. The predicted octanol–water partition coefficient (Wildman–Crippen LogP) is -0.615. The molecule has 0 bridgehead atoms. The van der Waals surface area contributed by atoms with Crippen molar-refractivity contribution in [2.75, 3.05) is 43.3 Å². The molecular formula is C25H28N10O9S4. The minimum absolute atomic E-state index is 0.0184. The minimum Gasteiger partial charge on any atom is -0.480 e. The Labute approximate surface area is 287 Å². The zero-order valence-electron chi connectivity index (χ0n) is 24.9. The van der Waals surface area contributed by atoms with Crippen molar-refractivity contribution in [2.45, 2.75) is 16.8 Å². The maximum Gasteiger partial charge on any atom is 0.351 e. The number of anilines is 2. The van der Waals surface area contributed by atoms with E-state index in [1.165, 1.54) is 48.9 Å². The van der Waals surface area contributed by atoms with Gasteiger partial charge in [0, 0.05) is 28.8 Å². The van der Waals surface area contributed by atoms with Crippen LogP contribution in [0.3, 0.4) is 0 Å². The highest BCUT2D eigenvalue weighted by molar-refractivity contribution is 8.00. The molecule has 0 saturated heterocycles. The lowest BCUT2D eigenvalue weighted by molar-refractivity contribution is -0.141. The molecule has 48 heavy (non-hydrogen) atoms. The fourth-order valence-corrected chi connectivity index (χ4v) is 7.15. The number of nitrogen functional groups attached to an aromatic ring is 1. The number of nitrogens with zero attached hydrogens (tertiary/aromatic N) is 4. The van der Waals surface area contributed by atoms with E-state index in [4.69, 9.17) is 15.4 Å². The number of carboxylic acids is 2. The van der Waals surface area contributed by atoms with Gasteiger partial charge in [-0.15, -0.1) is 46.2 Å². The molecule has 256 valence electrons. The number of aromatic nitrogens is 2. The Hall–Kier alpha value is -4.87. The molecule has 9 N–H and O–H groups in total. The highest BCUT2D eigenvalue weighted by Crippen LogP contribution is 2.23. The second kappa shape index (κ2) is 16.8. The van der Waals surface area contributed by atoms with Crippen LogP contribution < -0.4 is 32.3 Å². The third kappa shape index (κ3) is 9.36. The molecule has 3 amide bonds. The van der Waals surface area contributed by atoms with Crippen LogP contribution in [0.25, 0.3) is 0 Å². The van der Waals surface area contributed by atoms with Gasteiger partial charge >= 0.3 is 11.9 Å². The van der Waals surface area contributed by atoms with Gasteiger partial charge in [-0.25, -0.2) is 19.6 Å². The van der Waals surface area contributed by atoms with Crippen molar-refractivity contribution < 1.29 is 43.9 Å².